The number of carbonyl (C=O) groups is 1. The van der Waals surface area contributed by atoms with Crippen molar-refractivity contribution >= 4 is 16.9 Å². The Balaban J connectivity index is 1.90. The molecule has 148 valence electrons. The van der Waals surface area contributed by atoms with E-state index in [4.69, 9.17) is 10.00 Å². The number of para-hydroxylation sites is 1. The molecule has 2 atom stereocenters. The van der Waals surface area contributed by atoms with Crippen LogP contribution in [0.15, 0.2) is 59.4 Å². The molecule has 0 radical (unpaired) electrons. The van der Waals surface area contributed by atoms with Crippen LogP contribution in [-0.2, 0) is 22.7 Å². The predicted molar refractivity (Wildman–Crippen MR) is 110 cm³/mol. The lowest BCUT2D eigenvalue weighted by atomic mass is 9.86. The maximum absolute atomic E-state index is 12.9. The Hall–Kier alpha value is -3.46. The lowest BCUT2D eigenvalue weighted by Crippen LogP contribution is -2.27. The Morgan fingerprint density at radius 1 is 1.17 bits per heavy atom. The molecule has 0 amide bonds. The van der Waals surface area contributed by atoms with Crippen LogP contribution in [0.5, 0.6) is 0 Å². The number of aromatic nitrogens is 2. The number of fused-ring (bicyclic) bond motifs is 1. The van der Waals surface area contributed by atoms with Gasteiger partial charge in [-0.05, 0) is 23.6 Å². The number of benzene rings is 2. The Labute approximate surface area is 169 Å². The van der Waals surface area contributed by atoms with Crippen molar-refractivity contribution in [2.75, 3.05) is 0 Å². The quantitative estimate of drug-likeness (QED) is 0.574. The fraction of sp³-hybridized carbons (Fsp3) is 0.304. The zero-order valence-electron chi connectivity index (χ0n) is 16.5. The van der Waals surface area contributed by atoms with Crippen LogP contribution in [0.4, 0.5) is 0 Å². The molecule has 0 spiro atoms. The first-order chi connectivity index (χ1) is 14.1. The molecule has 2 aromatic carbocycles. The minimum atomic E-state index is -0.405. The number of rotatable bonds is 7. The van der Waals surface area contributed by atoms with Crippen LogP contribution in [0, 0.1) is 17.2 Å². The van der Waals surface area contributed by atoms with E-state index in [9.17, 15) is 9.59 Å². The minimum Gasteiger partial charge on any atom is -0.457 e. The van der Waals surface area contributed by atoms with Crippen LogP contribution < -0.4 is 5.56 Å². The largest absolute Gasteiger partial charge is 0.457 e. The average Bonchev–Trinajstić information content (AvgIpc) is 2.75. The van der Waals surface area contributed by atoms with Crippen molar-refractivity contribution in [3.63, 3.8) is 0 Å². The topological polar surface area (TPSA) is 85.0 Å². The van der Waals surface area contributed by atoms with Crippen LogP contribution in [0.2, 0.25) is 0 Å². The summed E-state index contributed by atoms with van der Waals surface area (Å²) in [5.74, 6) is -0.412. The van der Waals surface area contributed by atoms with Gasteiger partial charge in [-0.2, -0.15) is 5.26 Å². The van der Waals surface area contributed by atoms with Crippen LogP contribution in [0.1, 0.15) is 37.6 Å². The van der Waals surface area contributed by atoms with Crippen molar-refractivity contribution < 1.29 is 9.53 Å². The van der Waals surface area contributed by atoms with Crippen LogP contribution in [-0.4, -0.2) is 15.5 Å². The molecule has 1 aromatic heterocycles. The highest BCUT2D eigenvalue weighted by Crippen LogP contribution is 2.28. The van der Waals surface area contributed by atoms with Gasteiger partial charge in [-0.15, -0.1) is 0 Å². The third kappa shape index (κ3) is 4.35. The zero-order valence-corrected chi connectivity index (χ0v) is 16.5. The number of esters is 1. The summed E-state index contributed by atoms with van der Waals surface area (Å²) >= 11 is 0. The van der Waals surface area contributed by atoms with Gasteiger partial charge < -0.3 is 4.74 Å². The molecule has 0 fully saturated rings. The molecule has 3 aromatic rings. The first kappa shape index (κ1) is 20.3. The molecule has 29 heavy (non-hydrogen) atoms. The van der Waals surface area contributed by atoms with Gasteiger partial charge in [0.15, 0.2) is 5.82 Å². The summed E-state index contributed by atoms with van der Waals surface area (Å²) in [5, 5.41) is 9.54. The van der Waals surface area contributed by atoms with E-state index in [0.717, 1.165) is 12.0 Å². The fourth-order valence-corrected chi connectivity index (χ4v) is 3.38. The number of hydrogen-bond acceptors (Lipinski definition) is 5. The van der Waals surface area contributed by atoms with Crippen LogP contribution >= 0.6 is 0 Å². The first-order valence-corrected chi connectivity index (χ1v) is 9.63. The van der Waals surface area contributed by atoms with E-state index < -0.39 is 5.92 Å². The van der Waals surface area contributed by atoms with E-state index >= 15 is 0 Å². The van der Waals surface area contributed by atoms with Gasteiger partial charge in [-0.25, -0.2) is 4.98 Å². The van der Waals surface area contributed by atoms with Crippen molar-refractivity contribution in [3.05, 3.63) is 76.3 Å². The Kier molecular flexibility index (Phi) is 6.40. The molecular weight excluding hydrogens is 366 g/mol. The molecule has 6 heteroatoms. The monoisotopic (exact) mass is 389 g/mol. The number of nitrogens with zero attached hydrogens (tertiary/aromatic N) is 3. The van der Waals surface area contributed by atoms with Gasteiger partial charge in [-0.3, -0.25) is 14.2 Å². The molecule has 0 unspecified atom stereocenters. The van der Waals surface area contributed by atoms with Gasteiger partial charge in [0.2, 0.25) is 0 Å². The number of carbonyl (C=O) groups excluding carboxylic acids is 1. The maximum atomic E-state index is 12.9. The highest BCUT2D eigenvalue weighted by molar-refractivity contribution is 5.79. The van der Waals surface area contributed by atoms with E-state index in [1.807, 2.05) is 50.2 Å². The summed E-state index contributed by atoms with van der Waals surface area (Å²) in [6, 6.07) is 18.4. The molecule has 0 aliphatic rings. The van der Waals surface area contributed by atoms with E-state index in [0.29, 0.717) is 10.9 Å². The van der Waals surface area contributed by atoms with Gasteiger partial charge >= 0.3 is 5.97 Å². The van der Waals surface area contributed by atoms with Gasteiger partial charge in [0.25, 0.3) is 5.56 Å². The van der Waals surface area contributed by atoms with Crippen molar-refractivity contribution in [1.29, 1.82) is 5.26 Å². The third-order valence-electron chi connectivity index (χ3n) is 5.14. The smallest absolute Gasteiger partial charge is 0.314 e. The number of ether oxygens (including phenoxy) is 1. The molecule has 0 N–H and O–H groups in total. The summed E-state index contributed by atoms with van der Waals surface area (Å²) in [5.41, 5.74) is 1.09. The predicted octanol–water partition coefficient (Wildman–Crippen LogP) is 3.79. The highest BCUT2D eigenvalue weighted by Gasteiger charge is 2.27. The van der Waals surface area contributed by atoms with Crippen molar-refractivity contribution in [2.24, 2.45) is 5.92 Å². The summed E-state index contributed by atoms with van der Waals surface area (Å²) in [6.07, 6.45) is 0.821. The maximum Gasteiger partial charge on any atom is 0.314 e. The lowest BCUT2D eigenvalue weighted by Gasteiger charge is -2.22. The standard InChI is InChI=1S/C23H23N3O3/c1-3-16(2)21(17-9-5-4-6-10-17)23(28)29-15-20-25-19-12-8-7-11-18(19)22(27)26(20)14-13-24/h4-12,16,21H,3,14-15H2,1-2H3/t16-,21+/m1/s1. The van der Waals surface area contributed by atoms with E-state index in [1.165, 1.54) is 4.57 Å². The first-order valence-electron chi connectivity index (χ1n) is 9.63. The molecule has 0 saturated carbocycles. The minimum absolute atomic E-state index is 0.0933. The fourth-order valence-electron chi connectivity index (χ4n) is 3.38. The summed E-state index contributed by atoms with van der Waals surface area (Å²) < 4.78 is 6.85. The summed E-state index contributed by atoms with van der Waals surface area (Å²) in [4.78, 5) is 30.1. The Morgan fingerprint density at radius 3 is 2.55 bits per heavy atom. The zero-order chi connectivity index (χ0) is 20.8. The SMILES string of the molecule is CC[C@@H](C)[C@H](C(=O)OCc1nc2ccccc2c(=O)n1CC#N)c1ccccc1. The van der Waals surface area contributed by atoms with Crippen molar-refractivity contribution in [1.82, 2.24) is 9.55 Å². The van der Waals surface area contributed by atoms with Crippen LogP contribution in [0.3, 0.4) is 0 Å². The normalized spacial score (nSPS) is 12.9. The molecule has 0 aliphatic heterocycles. The van der Waals surface area contributed by atoms with Crippen molar-refractivity contribution in [2.45, 2.75) is 39.3 Å². The highest BCUT2D eigenvalue weighted by atomic mass is 16.5. The lowest BCUT2D eigenvalue weighted by molar-refractivity contribution is -0.148. The summed E-state index contributed by atoms with van der Waals surface area (Å²) in [7, 11) is 0. The second kappa shape index (κ2) is 9.16. The van der Waals surface area contributed by atoms with Gasteiger partial charge in [0, 0.05) is 0 Å². The van der Waals surface area contributed by atoms with Gasteiger partial charge in [0.05, 0.1) is 22.9 Å². The molecule has 3 rings (SSSR count). The van der Waals surface area contributed by atoms with E-state index in [2.05, 4.69) is 4.98 Å². The van der Waals surface area contributed by atoms with Gasteiger partial charge in [-0.1, -0.05) is 62.7 Å². The molecule has 0 saturated heterocycles. The molecule has 6 nitrogen and oxygen atoms in total. The average molecular weight is 389 g/mol. The van der Waals surface area contributed by atoms with Crippen molar-refractivity contribution in [3.8, 4) is 6.07 Å². The second-order valence-electron chi connectivity index (χ2n) is 6.98. The molecule has 1 heterocycles. The Bertz CT molecular complexity index is 1100. The van der Waals surface area contributed by atoms with E-state index in [-0.39, 0.29) is 36.4 Å². The van der Waals surface area contributed by atoms with Crippen LogP contribution in [0.25, 0.3) is 10.9 Å². The number of nitriles is 1. The number of hydrogen-bond donors (Lipinski definition) is 0. The third-order valence-corrected chi connectivity index (χ3v) is 5.14. The van der Waals surface area contributed by atoms with E-state index in [1.54, 1.807) is 24.3 Å². The van der Waals surface area contributed by atoms with Gasteiger partial charge in [0.1, 0.15) is 13.2 Å². The molecular formula is C23H23N3O3. The molecule has 0 aliphatic carbocycles. The Morgan fingerprint density at radius 2 is 1.86 bits per heavy atom. The summed E-state index contributed by atoms with van der Waals surface area (Å²) in [6.45, 7) is 3.72. The molecule has 0 bridgehead atoms. The second-order valence-corrected chi connectivity index (χ2v) is 6.98.